The molecule has 3 aromatic carbocycles. The fourth-order valence-electron chi connectivity index (χ4n) is 3.18. The third kappa shape index (κ3) is 5.41. The lowest BCUT2D eigenvalue weighted by molar-refractivity contribution is -0.185. The minimum absolute atomic E-state index is 0.132. The Morgan fingerprint density at radius 1 is 0.750 bits per heavy atom. The molecular weight excluding hydrogens is 437 g/mol. The largest absolute Gasteiger partial charge is 0.429 e. The van der Waals surface area contributed by atoms with Crippen LogP contribution in [0.25, 0.3) is 11.1 Å². The van der Waals surface area contributed by atoms with Crippen molar-refractivity contribution in [1.82, 2.24) is 0 Å². The first-order valence-electron chi connectivity index (χ1n) is 9.84. The zero-order valence-electron chi connectivity index (χ0n) is 16.9. The zero-order valence-corrected chi connectivity index (χ0v) is 16.9. The van der Waals surface area contributed by atoms with Crippen LogP contribution in [-0.2, 0) is 18.7 Å². The first kappa shape index (κ1) is 23.6. The molecule has 0 N–H and O–H groups in total. The molecule has 0 aromatic heterocycles. The molecule has 0 atom stereocenters. The van der Waals surface area contributed by atoms with Crippen molar-refractivity contribution in [3.63, 3.8) is 0 Å². The van der Waals surface area contributed by atoms with Crippen LogP contribution in [0.1, 0.15) is 36.5 Å². The van der Waals surface area contributed by atoms with E-state index < -0.39 is 29.5 Å². The number of halogens is 7. The highest BCUT2D eigenvalue weighted by molar-refractivity contribution is 5.65. The number of rotatable bonds is 7. The lowest BCUT2D eigenvalue weighted by Crippen LogP contribution is -2.21. The van der Waals surface area contributed by atoms with Gasteiger partial charge in [-0.25, -0.2) is 8.78 Å². The fraction of sp³-hybridized carbons (Fsp3) is 0.250. The van der Waals surface area contributed by atoms with E-state index in [2.05, 4.69) is 0 Å². The molecule has 3 rings (SSSR count). The van der Waals surface area contributed by atoms with Crippen molar-refractivity contribution in [3.05, 3.63) is 89.0 Å². The van der Waals surface area contributed by atoms with E-state index in [0.29, 0.717) is 12.1 Å². The highest BCUT2D eigenvalue weighted by Crippen LogP contribution is 2.37. The third-order valence-corrected chi connectivity index (χ3v) is 4.87. The Labute approximate surface area is 180 Å². The van der Waals surface area contributed by atoms with Gasteiger partial charge in [0.15, 0.2) is 0 Å². The number of benzene rings is 3. The molecule has 170 valence electrons. The zero-order chi connectivity index (χ0) is 23.5. The summed E-state index contributed by atoms with van der Waals surface area (Å²) in [5.41, 5.74) is -1.43. The van der Waals surface area contributed by atoms with E-state index in [9.17, 15) is 30.7 Å². The molecule has 0 amide bonds. The van der Waals surface area contributed by atoms with Crippen molar-refractivity contribution in [2.45, 2.75) is 38.5 Å². The molecule has 32 heavy (non-hydrogen) atoms. The summed E-state index contributed by atoms with van der Waals surface area (Å²) < 4.78 is 99.4. The monoisotopic (exact) mass is 456 g/mol. The molecule has 0 radical (unpaired) electrons. The maximum atomic E-state index is 14.5. The predicted molar refractivity (Wildman–Crippen MR) is 106 cm³/mol. The number of aryl methyl sites for hydroxylation is 1. The van der Waals surface area contributed by atoms with Gasteiger partial charge in [0.05, 0.1) is 5.56 Å². The molecule has 0 aliphatic heterocycles. The van der Waals surface area contributed by atoms with E-state index in [4.69, 9.17) is 4.74 Å². The van der Waals surface area contributed by atoms with E-state index in [1.54, 1.807) is 12.1 Å². The highest BCUT2D eigenvalue weighted by Gasteiger charge is 2.38. The van der Waals surface area contributed by atoms with Gasteiger partial charge in [0.1, 0.15) is 22.9 Å². The summed E-state index contributed by atoms with van der Waals surface area (Å²) in [4.78, 5) is 0. The van der Waals surface area contributed by atoms with Gasteiger partial charge in [0.2, 0.25) is 0 Å². The molecule has 8 heteroatoms. The van der Waals surface area contributed by atoms with E-state index in [1.807, 2.05) is 6.92 Å². The van der Waals surface area contributed by atoms with Crippen LogP contribution < -0.4 is 4.74 Å². The van der Waals surface area contributed by atoms with Crippen LogP contribution >= 0.6 is 0 Å². The van der Waals surface area contributed by atoms with Crippen LogP contribution in [0.2, 0.25) is 0 Å². The maximum absolute atomic E-state index is 14.5. The average molecular weight is 456 g/mol. The van der Waals surface area contributed by atoms with Crippen molar-refractivity contribution < 1.29 is 35.5 Å². The summed E-state index contributed by atoms with van der Waals surface area (Å²) in [5.74, 6) is -3.75. The summed E-state index contributed by atoms with van der Waals surface area (Å²) in [6.45, 7) is 2.03. The van der Waals surface area contributed by atoms with Crippen LogP contribution in [0, 0.1) is 11.6 Å². The van der Waals surface area contributed by atoms with Gasteiger partial charge in [-0.15, -0.1) is 0 Å². The van der Waals surface area contributed by atoms with Gasteiger partial charge in [-0.1, -0.05) is 37.6 Å². The molecule has 0 fully saturated rings. The number of alkyl halides is 5. The number of hydrogen-bond acceptors (Lipinski definition) is 1. The standard InChI is InChI=1S/C24H19F7O/c1-2-3-4-15-5-9-18(10-6-15)24(30,31)32-19-11-7-16(8-12-19)17-13-20(25)22(21(26)14-17)23(27,28)29/h5-14H,2-4H2,1H3. The Morgan fingerprint density at radius 2 is 1.31 bits per heavy atom. The Balaban J connectivity index is 1.77. The average Bonchev–Trinajstić information content (AvgIpc) is 2.71. The summed E-state index contributed by atoms with van der Waals surface area (Å²) in [7, 11) is 0. The van der Waals surface area contributed by atoms with Gasteiger partial charge in [0, 0.05) is 0 Å². The first-order valence-corrected chi connectivity index (χ1v) is 9.84. The minimum atomic E-state index is -5.18. The summed E-state index contributed by atoms with van der Waals surface area (Å²) in [6.07, 6.45) is -6.08. The predicted octanol–water partition coefficient (Wildman–Crippen LogP) is 8.12. The number of unbranched alkanes of at least 4 members (excludes halogenated alkanes) is 1. The Kier molecular flexibility index (Phi) is 6.81. The molecule has 0 heterocycles. The molecule has 0 bridgehead atoms. The fourth-order valence-corrected chi connectivity index (χ4v) is 3.18. The molecule has 1 nitrogen and oxygen atoms in total. The van der Waals surface area contributed by atoms with E-state index >= 15 is 0 Å². The van der Waals surface area contributed by atoms with Crippen molar-refractivity contribution >= 4 is 0 Å². The van der Waals surface area contributed by atoms with Gasteiger partial charge >= 0.3 is 12.3 Å². The van der Waals surface area contributed by atoms with E-state index in [0.717, 1.165) is 37.0 Å². The maximum Gasteiger partial charge on any atom is 0.426 e. The minimum Gasteiger partial charge on any atom is -0.429 e. The van der Waals surface area contributed by atoms with Gasteiger partial charge < -0.3 is 4.74 Å². The topological polar surface area (TPSA) is 9.23 Å². The second-order valence-electron chi connectivity index (χ2n) is 7.26. The Hall–Kier alpha value is -3.03. The van der Waals surface area contributed by atoms with Crippen LogP contribution in [-0.4, -0.2) is 0 Å². The number of ether oxygens (including phenoxy) is 1. The van der Waals surface area contributed by atoms with E-state index in [1.165, 1.54) is 24.3 Å². The smallest absolute Gasteiger partial charge is 0.426 e. The van der Waals surface area contributed by atoms with Crippen molar-refractivity contribution in [2.24, 2.45) is 0 Å². The van der Waals surface area contributed by atoms with Crippen molar-refractivity contribution in [1.29, 1.82) is 0 Å². The van der Waals surface area contributed by atoms with Gasteiger partial charge in [0.25, 0.3) is 0 Å². The van der Waals surface area contributed by atoms with Gasteiger partial charge in [-0.3, -0.25) is 0 Å². The van der Waals surface area contributed by atoms with E-state index in [-0.39, 0.29) is 22.4 Å². The van der Waals surface area contributed by atoms with Crippen LogP contribution in [0.15, 0.2) is 60.7 Å². The molecule has 3 aromatic rings. The first-order chi connectivity index (χ1) is 15.0. The molecule has 0 unspecified atom stereocenters. The molecule has 0 aliphatic rings. The summed E-state index contributed by atoms with van der Waals surface area (Å²) in [6, 6.07) is 11.6. The van der Waals surface area contributed by atoms with Crippen molar-refractivity contribution in [3.8, 4) is 16.9 Å². The lowest BCUT2D eigenvalue weighted by atomic mass is 10.0. The Bertz CT molecular complexity index is 1030. The highest BCUT2D eigenvalue weighted by atomic mass is 19.4. The Morgan fingerprint density at radius 3 is 1.81 bits per heavy atom. The molecule has 0 saturated heterocycles. The SMILES string of the molecule is CCCCc1ccc(C(F)(F)Oc2ccc(-c3cc(F)c(C(F)(F)F)c(F)c3)cc2)cc1. The van der Waals surface area contributed by atoms with Crippen LogP contribution in [0.5, 0.6) is 5.75 Å². The quantitative estimate of drug-likeness (QED) is 0.326. The van der Waals surface area contributed by atoms with Crippen LogP contribution in [0.4, 0.5) is 30.7 Å². The normalized spacial score (nSPS) is 12.1. The third-order valence-electron chi connectivity index (χ3n) is 4.87. The second kappa shape index (κ2) is 9.22. The second-order valence-corrected chi connectivity index (χ2v) is 7.26. The van der Waals surface area contributed by atoms with Gasteiger partial charge in [-0.2, -0.15) is 22.0 Å². The van der Waals surface area contributed by atoms with Gasteiger partial charge in [-0.05, 0) is 65.9 Å². The van der Waals surface area contributed by atoms with Crippen LogP contribution in [0.3, 0.4) is 0 Å². The summed E-state index contributed by atoms with van der Waals surface area (Å²) >= 11 is 0. The molecule has 0 aliphatic carbocycles. The van der Waals surface area contributed by atoms with Crippen molar-refractivity contribution in [2.75, 3.05) is 0 Å². The molecular formula is C24H19F7O. The molecule has 0 spiro atoms. The lowest BCUT2D eigenvalue weighted by Gasteiger charge is -2.19. The summed E-state index contributed by atoms with van der Waals surface area (Å²) in [5, 5.41) is 0. The number of hydrogen-bond donors (Lipinski definition) is 0. The molecule has 0 saturated carbocycles.